The van der Waals surface area contributed by atoms with Crippen LogP contribution in [-0.2, 0) is 5.41 Å². The Kier molecular flexibility index (Phi) is 3.83. The number of nitrogens with zero attached hydrogens (tertiary/aromatic N) is 4. The van der Waals surface area contributed by atoms with Gasteiger partial charge >= 0.3 is 0 Å². The highest BCUT2D eigenvalue weighted by atomic mass is 15.5. The molecule has 7 rings (SSSR count). The van der Waals surface area contributed by atoms with Crippen LogP contribution in [-0.4, -0.2) is 18.2 Å². The SMILES string of the molecule is CN1c2ncccc2N2c3cc(N(c4ccccc4)c4ccccc4)ccc3C3(C)CC3(C)C12. The van der Waals surface area contributed by atoms with Crippen LogP contribution >= 0.6 is 0 Å². The summed E-state index contributed by atoms with van der Waals surface area (Å²) >= 11 is 0. The molecule has 168 valence electrons. The number of hydrogen-bond acceptors (Lipinski definition) is 4. The topological polar surface area (TPSA) is 22.6 Å². The van der Waals surface area contributed by atoms with E-state index in [1.165, 1.54) is 29.0 Å². The number of fused-ring (bicyclic) bond motifs is 8. The van der Waals surface area contributed by atoms with Crippen LogP contribution in [0.4, 0.5) is 34.3 Å². The highest BCUT2D eigenvalue weighted by Crippen LogP contribution is 2.74. The van der Waals surface area contributed by atoms with Gasteiger partial charge in [0.25, 0.3) is 0 Å². The molecule has 3 unspecified atom stereocenters. The van der Waals surface area contributed by atoms with Crippen molar-refractivity contribution in [2.75, 3.05) is 21.7 Å². The third-order valence-corrected chi connectivity index (χ3v) is 8.52. The summed E-state index contributed by atoms with van der Waals surface area (Å²) in [4.78, 5) is 12.1. The first-order valence-corrected chi connectivity index (χ1v) is 12.0. The monoisotopic (exact) mass is 444 g/mol. The Labute approximate surface area is 201 Å². The number of anilines is 6. The number of hydrogen-bond donors (Lipinski definition) is 0. The summed E-state index contributed by atoms with van der Waals surface area (Å²) in [6.07, 6.45) is 3.37. The van der Waals surface area contributed by atoms with E-state index >= 15 is 0 Å². The molecule has 4 nitrogen and oxygen atoms in total. The van der Waals surface area contributed by atoms with Crippen molar-refractivity contribution in [3.05, 3.63) is 103 Å². The van der Waals surface area contributed by atoms with Crippen LogP contribution < -0.4 is 14.7 Å². The van der Waals surface area contributed by atoms with Gasteiger partial charge in [0.1, 0.15) is 6.17 Å². The molecule has 2 aliphatic heterocycles. The molecule has 0 N–H and O–H groups in total. The van der Waals surface area contributed by atoms with Gasteiger partial charge in [-0.2, -0.15) is 0 Å². The van der Waals surface area contributed by atoms with E-state index in [-0.39, 0.29) is 17.0 Å². The maximum atomic E-state index is 4.77. The third-order valence-electron chi connectivity index (χ3n) is 8.52. The summed E-state index contributed by atoms with van der Waals surface area (Å²) in [5.41, 5.74) is 7.79. The van der Waals surface area contributed by atoms with Crippen LogP contribution in [0.2, 0.25) is 0 Å². The lowest BCUT2D eigenvalue weighted by molar-refractivity contribution is 0.365. The molecule has 3 heterocycles. The van der Waals surface area contributed by atoms with Gasteiger partial charge in [0, 0.05) is 46.8 Å². The van der Waals surface area contributed by atoms with E-state index in [4.69, 9.17) is 4.98 Å². The smallest absolute Gasteiger partial charge is 0.153 e. The van der Waals surface area contributed by atoms with Gasteiger partial charge in [-0.25, -0.2) is 4.98 Å². The molecule has 34 heavy (non-hydrogen) atoms. The van der Waals surface area contributed by atoms with Crippen molar-refractivity contribution in [2.45, 2.75) is 31.8 Å². The van der Waals surface area contributed by atoms with Gasteiger partial charge in [0.05, 0.1) is 5.69 Å². The lowest BCUT2D eigenvalue weighted by atomic mass is 9.81. The summed E-state index contributed by atoms with van der Waals surface area (Å²) in [7, 11) is 2.20. The largest absolute Gasteiger partial charge is 0.337 e. The lowest BCUT2D eigenvalue weighted by Gasteiger charge is -2.44. The van der Waals surface area contributed by atoms with Crippen LogP contribution in [0.5, 0.6) is 0 Å². The summed E-state index contributed by atoms with van der Waals surface area (Å²) in [5, 5.41) is 0. The molecule has 1 aromatic heterocycles. The molecule has 1 saturated carbocycles. The van der Waals surface area contributed by atoms with E-state index in [0.29, 0.717) is 0 Å². The Morgan fingerprint density at radius 3 is 2.15 bits per heavy atom. The minimum absolute atomic E-state index is 0.169. The Bertz CT molecular complexity index is 1360. The van der Waals surface area contributed by atoms with Crippen molar-refractivity contribution < 1.29 is 0 Å². The van der Waals surface area contributed by atoms with E-state index in [0.717, 1.165) is 17.2 Å². The number of aromatic nitrogens is 1. The van der Waals surface area contributed by atoms with E-state index in [9.17, 15) is 0 Å². The molecule has 3 atom stereocenters. The molecule has 3 aromatic carbocycles. The highest BCUT2D eigenvalue weighted by Gasteiger charge is 2.72. The van der Waals surface area contributed by atoms with Gasteiger partial charge in [-0.1, -0.05) is 56.3 Å². The summed E-state index contributed by atoms with van der Waals surface area (Å²) in [5.74, 6) is 1.07. The zero-order chi connectivity index (χ0) is 23.1. The fraction of sp³-hybridized carbons (Fsp3) is 0.233. The molecule has 0 bridgehead atoms. The second kappa shape index (κ2) is 6.63. The molecule has 1 fully saturated rings. The molecule has 1 aliphatic carbocycles. The number of para-hydroxylation sites is 2. The van der Waals surface area contributed by atoms with Crippen molar-refractivity contribution in [1.82, 2.24) is 4.98 Å². The maximum Gasteiger partial charge on any atom is 0.153 e. The molecule has 4 heteroatoms. The van der Waals surface area contributed by atoms with E-state index in [2.05, 4.69) is 127 Å². The first-order valence-electron chi connectivity index (χ1n) is 12.0. The molecule has 0 radical (unpaired) electrons. The van der Waals surface area contributed by atoms with Gasteiger partial charge in [-0.3, -0.25) is 0 Å². The Morgan fingerprint density at radius 2 is 1.47 bits per heavy atom. The van der Waals surface area contributed by atoms with Crippen LogP contribution in [0, 0.1) is 5.41 Å². The quantitative estimate of drug-likeness (QED) is 0.335. The third kappa shape index (κ3) is 2.40. The number of benzene rings is 3. The van der Waals surface area contributed by atoms with Crippen molar-refractivity contribution in [1.29, 1.82) is 0 Å². The van der Waals surface area contributed by atoms with E-state index in [1.807, 2.05) is 6.20 Å². The minimum Gasteiger partial charge on any atom is -0.337 e. The lowest BCUT2D eigenvalue weighted by Crippen LogP contribution is -2.50. The Morgan fingerprint density at radius 1 is 0.794 bits per heavy atom. The fourth-order valence-electron chi connectivity index (χ4n) is 6.64. The molecule has 3 aliphatic rings. The average Bonchev–Trinajstić information content (AvgIpc) is 3.33. The first-order chi connectivity index (χ1) is 16.5. The molecule has 0 amide bonds. The van der Waals surface area contributed by atoms with Gasteiger partial charge in [-0.15, -0.1) is 0 Å². The summed E-state index contributed by atoms with van der Waals surface area (Å²) in [6.45, 7) is 4.89. The van der Waals surface area contributed by atoms with E-state index < -0.39 is 0 Å². The molecule has 0 spiro atoms. The van der Waals surface area contributed by atoms with Crippen molar-refractivity contribution in [2.24, 2.45) is 5.41 Å². The number of rotatable bonds is 3. The first kappa shape index (κ1) is 19.7. The van der Waals surface area contributed by atoms with Gasteiger partial charge < -0.3 is 14.7 Å². The van der Waals surface area contributed by atoms with Crippen LogP contribution in [0.1, 0.15) is 25.8 Å². The number of pyridine rings is 1. The van der Waals surface area contributed by atoms with Gasteiger partial charge in [0.2, 0.25) is 0 Å². The van der Waals surface area contributed by atoms with Crippen LogP contribution in [0.3, 0.4) is 0 Å². The predicted octanol–water partition coefficient (Wildman–Crippen LogP) is 7.15. The van der Waals surface area contributed by atoms with E-state index in [1.54, 1.807) is 0 Å². The van der Waals surface area contributed by atoms with Crippen molar-refractivity contribution in [3.8, 4) is 0 Å². The summed E-state index contributed by atoms with van der Waals surface area (Å²) < 4.78 is 0. The maximum absolute atomic E-state index is 4.77. The normalized spacial score (nSPS) is 25.8. The molecular formula is C30H28N4. The predicted molar refractivity (Wildman–Crippen MR) is 140 cm³/mol. The molecular weight excluding hydrogens is 416 g/mol. The zero-order valence-electron chi connectivity index (χ0n) is 19.8. The second-order valence-electron chi connectivity index (χ2n) is 10.3. The van der Waals surface area contributed by atoms with Crippen LogP contribution in [0.15, 0.2) is 97.2 Å². The van der Waals surface area contributed by atoms with Crippen molar-refractivity contribution >= 4 is 34.3 Å². The highest BCUT2D eigenvalue weighted by molar-refractivity contribution is 5.89. The van der Waals surface area contributed by atoms with Crippen LogP contribution in [0.25, 0.3) is 0 Å². The Hall–Kier alpha value is -3.79. The van der Waals surface area contributed by atoms with Gasteiger partial charge in [0.15, 0.2) is 5.82 Å². The standard InChI is InChI=1S/C30H28N4/c1-29-20-30(29,2)28-32(3)27-25(15-10-18-31-27)34(28)26-19-23(16-17-24(26)29)33(21-11-6-4-7-12-21)22-13-8-5-9-14-22/h4-19,28H,20H2,1-3H3. The average molecular weight is 445 g/mol. The fourth-order valence-corrected chi connectivity index (χ4v) is 6.64. The minimum atomic E-state index is 0.169. The Balaban J connectivity index is 1.45. The van der Waals surface area contributed by atoms with Crippen molar-refractivity contribution in [3.63, 3.8) is 0 Å². The van der Waals surface area contributed by atoms with Gasteiger partial charge in [-0.05, 0) is 60.5 Å². The molecule has 4 aromatic rings. The summed E-state index contributed by atoms with van der Waals surface area (Å²) in [6, 6.07) is 32.6. The second-order valence-corrected chi connectivity index (χ2v) is 10.3. The molecule has 0 saturated heterocycles. The zero-order valence-corrected chi connectivity index (χ0v) is 19.8.